The third kappa shape index (κ3) is 3.25. The van der Waals surface area contributed by atoms with Gasteiger partial charge in [-0.15, -0.1) is 0 Å². The van der Waals surface area contributed by atoms with E-state index in [4.69, 9.17) is 38.4 Å². The monoisotopic (exact) mass is 330 g/mol. The van der Waals surface area contributed by atoms with Crippen LogP contribution >= 0.6 is 23.2 Å². The Morgan fingerprint density at radius 2 is 1.62 bits per heavy atom. The highest BCUT2D eigenvalue weighted by molar-refractivity contribution is 6.32. The molecule has 0 atom stereocenters. The van der Waals surface area contributed by atoms with Crippen LogP contribution in [0.1, 0.15) is 0 Å². The van der Waals surface area contributed by atoms with Crippen molar-refractivity contribution >= 4 is 40.3 Å². The average Bonchev–Trinajstić information content (AvgIpc) is 2.45. The van der Waals surface area contributed by atoms with E-state index < -0.39 is 5.82 Å². The van der Waals surface area contributed by atoms with Gasteiger partial charge in [-0.3, -0.25) is 0 Å². The maximum absolute atomic E-state index is 13.5. The van der Waals surface area contributed by atoms with E-state index in [1.165, 1.54) is 26.4 Å². The Labute approximate surface area is 131 Å². The number of benzene rings is 2. The molecule has 0 fully saturated rings. The number of nitrogens with two attached hydrogens (primary N) is 1. The molecular weight excluding hydrogens is 318 g/mol. The van der Waals surface area contributed by atoms with Crippen molar-refractivity contribution in [2.45, 2.75) is 0 Å². The van der Waals surface area contributed by atoms with Gasteiger partial charge >= 0.3 is 0 Å². The molecule has 21 heavy (non-hydrogen) atoms. The smallest absolute Gasteiger partial charge is 0.144 e. The summed E-state index contributed by atoms with van der Waals surface area (Å²) in [7, 11) is 2.99. The van der Waals surface area contributed by atoms with Crippen molar-refractivity contribution in [3.8, 4) is 11.5 Å². The summed E-state index contributed by atoms with van der Waals surface area (Å²) in [6.45, 7) is 0. The van der Waals surface area contributed by atoms with E-state index in [1.807, 2.05) is 0 Å². The molecule has 0 aromatic heterocycles. The summed E-state index contributed by atoms with van der Waals surface area (Å²) in [6, 6.07) is 5.76. The number of methoxy groups -OCH3 is 2. The van der Waals surface area contributed by atoms with Crippen molar-refractivity contribution in [1.29, 1.82) is 0 Å². The lowest BCUT2D eigenvalue weighted by molar-refractivity contribution is 0.405. The molecule has 0 aliphatic heterocycles. The van der Waals surface area contributed by atoms with Crippen LogP contribution < -0.4 is 20.5 Å². The van der Waals surface area contributed by atoms with Gasteiger partial charge in [-0.2, -0.15) is 0 Å². The zero-order chi connectivity index (χ0) is 15.6. The normalized spacial score (nSPS) is 10.3. The molecule has 112 valence electrons. The molecule has 2 aromatic carbocycles. The number of hydrogen-bond donors (Lipinski definition) is 2. The van der Waals surface area contributed by atoms with Gasteiger partial charge in [-0.1, -0.05) is 23.2 Å². The predicted octanol–water partition coefficient (Wildman–Crippen LogP) is 4.48. The summed E-state index contributed by atoms with van der Waals surface area (Å²) in [4.78, 5) is 0. The van der Waals surface area contributed by atoms with E-state index in [1.54, 1.807) is 12.1 Å². The number of nitrogen functional groups attached to an aromatic ring is 1. The number of nitrogens with one attached hydrogen (secondary N) is 1. The van der Waals surface area contributed by atoms with Crippen LogP contribution in [0.2, 0.25) is 10.0 Å². The first kappa shape index (κ1) is 15.5. The van der Waals surface area contributed by atoms with E-state index in [-0.39, 0.29) is 5.02 Å². The fourth-order valence-corrected chi connectivity index (χ4v) is 2.18. The highest BCUT2D eigenvalue weighted by Crippen LogP contribution is 2.38. The van der Waals surface area contributed by atoms with Crippen molar-refractivity contribution in [3.63, 3.8) is 0 Å². The standard InChI is InChI=1S/C14H13Cl2FN2O2/c1-20-13-6-12(14(21-2)4-8(13)16)19-11-5-9(17)7(15)3-10(11)18/h3-6,19H,18H2,1-2H3. The Bertz CT molecular complexity index is 681. The van der Waals surface area contributed by atoms with E-state index >= 15 is 0 Å². The van der Waals surface area contributed by atoms with Crippen LogP contribution in [-0.4, -0.2) is 14.2 Å². The highest BCUT2D eigenvalue weighted by atomic mass is 35.5. The molecule has 0 radical (unpaired) electrons. The summed E-state index contributed by atoms with van der Waals surface area (Å²) in [5.41, 5.74) is 7.02. The molecule has 4 nitrogen and oxygen atoms in total. The van der Waals surface area contributed by atoms with Crippen molar-refractivity contribution < 1.29 is 13.9 Å². The Hall–Kier alpha value is -1.85. The molecule has 0 saturated heterocycles. The Balaban J connectivity index is 2.45. The Morgan fingerprint density at radius 1 is 0.952 bits per heavy atom. The fraction of sp³-hybridized carbons (Fsp3) is 0.143. The largest absolute Gasteiger partial charge is 0.495 e. The van der Waals surface area contributed by atoms with Gasteiger partial charge in [0.2, 0.25) is 0 Å². The lowest BCUT2D eigenvalue weighted by Crippen LogP contribution is -2.00. The summed E-state index contributed by atoms with van der Waals surface area (Å²) < 4.78 is 23.9. The van der Waals surface area contributed by atoms with Crippen LogP contribution in [0.4, 0.5) is 21.5 Å². The van der Waals surface area contributed by atoms with Crippen LogP contribution in [-0.2, 0) is 0 Å². The summed E-state index contributed by atoms with van der Waals surface area (Å²) in [5.74, 6) is 0.344. The van der Waals surface area contributed by atoms with Crippen LogP contribution in [0.5, 0.6) is 11.5 Å². The van der Waals surface area contributed by atoms with Gasteiger partial charge in [0.1, 0.15) is 17.3 Å². The number of rotatable bonds is 4. The van der Waals surface area contributed by atoms with E-state index in [0.717, 1.165) is 0 Å². The molecule has 7 heteroatoms. The topological polar surface area (TPSA) is 56.5 Å². The molecule has 0 bridgehead atoms. The lowest BCUT2D eigenvalue weighted by atomic mass is 10.2. The van der Waals surface area contributed by atoms with Gasteiger partial charge in [0.25, 0.3) is 0 Å². The summed E-state index contributed by atoms with van der Waals surface area (Å²) >= 11 is 11.7. The first-order valence-corrected chi connectivity index (χ1v) is 6.65. The van der Waals surface area contributed by atoms with Crippen molar-refractivity contribution in [3.05, 3.63) is 40.1 Å². The zero-order valence-corrected chi connectivity index (χ0v) is 12.8. The maximum atomic E-state index is 13.5. The molecule has 2 aromatic rings. The summed E-state index contributed by atoms with van der Waals surface area (Å²) in [6.07, 6.45) is 0. The second-order valence-corrected chi connectivity index (χ2v) is 4.98. The molecular formula is C14H13Cl2FN2O2. The highest BCUT2D eigenvalue weighted by Gasteiger charge is 2.13. The second kappa shape index (κ2) is 6.28. The molecule has 0 amide bonds. The van der Waals surface area contributed by atoms with Gasteiger partial charge in [0, 0.05) is 18.2 Å². The third-order valence-electron chi connectivity index (χ3n) is 2.84. The van der Waals surface area contributed by atoms with E-state index in [9.17, 15) is 4.39 Å². The zero-order valence-electron chi connectivity index (χ0n) is 11.3. The molecule has 0 heterocycles. The number of hydrogen-bond acceptors (Lipinski definition) is 4. The first-order valence-electron chi connectivity index (χ1n) is 5.89. The van der Waals surface area contributed by atoms with Gasteiger partial charge in [-0.25, -0.2) is 4.39 Å². The maximum Gasteiger partial charge on any atom is 0.144 e. The van der Waals surface area contributed by atoms with Crippen LogP contribution in [0.25, 0.3) is 0 Å². The molecule has 3 N–H and O–H groups in total. The second-order valence-electron chi connectivity index (χ2n) is 4.17. The quantitative estimate of drug-likeness (QED) is 0.812. The van der Waals surface area contributed by atoms with Crippen LogP contribution in [0, 0.1) is 5.82 Å². The van der Waals surface area contributed by atoms with Crippen molar-refractivity contribution in [2.24, 2.45) is 0 Å². The minimum Gasteiger partial charge on any atom is -0.495 e. The van der Waals surface area contributed by atoms with Crippen molar-refractivity contribution in [1.82, 2.24) is 0 Å². The number of ether oxygens (including phenoxy) is 2. The predicted molar refractivity (Wildman–Crippen MR) is 83.7 cm³/mol. The van der Waals surface area contributed by atoms with Gasteiger partial charge in [-0.05, 0) is 6.07 Å². The van der Waals surface area contributed by atoms with Gasteiger partial charge < -0.3 is 20.5 Å². The Kier molecular flexibility index (Phi) is 4.65. The van der Waals surface area contributed by atoms with Gasteiger partial charge in [0.15, 0.2) is 0 Å². The third-order valence-corrected chi connectivity index (χ3v) is 3.42. The Morgan fingerprint density at radius 3 is 2.24 bits per heavy atom. The summed E-state index contributed by atoms with van der Waals surface area (Å²) in [5, 5.41) is 3.33. The average molecular weight is 331 g/mol. The van der Waals surface area contributed by atoms with Crippen LogP contribution in [0.3, 0.4) is 0 Å². The van der Waals surface area contributed by atoms with E-state index in [2.05, 4.69) is 5.32 Å². The first-order chi connectivity index (χ1) is 9.96. The lowest BCUT2D eigenvalue weighted by Gasteiger charge is -2.15. The SMILES string of the molecule is COc1cc(Nc2cc(F)c(Cl)cc2N)c(OC)cc1Cl. The molecule has 0 aliphatic carbocycles. The number of halogens is 3. The molecule has 0 unspecified atom stereocenters. The number of anilines is 3. The van der Waals surface area contributed by atoms with Gasteiger partial charge in [0.05, 0.1) is 41.3 Å². The fourth-order valence-electron chi connectivity index (χ4n) is 1.77. The van der Waals surface area contributed by atoms with E-state index in [0.29, 0.717) is 33.6 Å². The van der Waals surface area contributed by atoms with Crippen LogP contribution in [0.15, 0.2) is 24.3 Å². The van der Waals surface area contributed by atoms with Crippen molar-refractivity contribution in [2.75, 3.05) is 25.3 Å². The molecule has 2 rings (SSSR count). The minimum atomic E-state index is -0.576. The molecule has 0 spiro atoms. The minimum absolute atomic E-state index is 0.0429. The molecule has 0 saturated carbocycles. The molecule has 0 aliphatic rings.